The zero-order chi connectivity index (χ0) is 10.5. The quantitative estimate of drug-likeness (QED) is 0.831. The first kappa shape index (κ1) is 9.16. The molecule has 1 unspecified atom stereocenters. The number of fused-ring (bicyclic) bond motifs is 1. The zero-order valence-electron chi connectivity index (χ0n) is 9.52. The molecule has 1 aromatic rings. The van der Waals surface area contributed by atoms with Crippen molar-refractivity contribution < 1.29 is 0 Å². The average Bonchev–Trinajstić information content (AvgIpc) is 3.19. The van der Waals surface area contributed by atoms with E-state index < -0.39 is 0 Å². The molecule has 3 aliphatic rings. The van der Waals surface area contributed by atoms with Crippen LogP contribution in [0, 0.1) is 11.8 Å². The first-order chi connectivity index (χ1) is 7.92. The van der Waals surface area contributed by atoms with E-state index in [1.54, 1.807) is 0 Å². The Labute approximate surface area is 95.4 Å². The van der Waals surface area contributed by atoms with Gasteiger partial charge in [-0.1, -0.05) is 0 Å². The Bertz CT molecular complexity index is 403. The molecule has 0 bridgehead atoms. The van der Waals surface area contributed by atoms with E-state index in [9.17, 15) is 0 Å². The van der Waals surface area contributed by atoms with Gasteiger partial charge >= 0.3 is 0 Å². The van der Waals surface area contributed by atoms with Gasteiger partial charge in [0.25, 0.3) is 0 Å². The number of nitrogens with zero attached hydrogens (tertiary/aromatic N) is 3. The predicted octanol–water partition coefficient (Wildman–Crippen LogP) is 1.28. The van der Waals surface area contributed by atoms with Crippen molar-refractivity contribution in [3.8, 4) is 0 Å². The first-order valence-corrected chi connectivity index (χ1v) is 6.57. The Kier molecular flexibility index (Phi) is 1.89. The number of hydrogen-bond acceptors (Lipinski definition) is 3. The number of aromatic nitrogens is 3. The Morgan fingerprint density at radius 2 is 2.06 bits per heavy atom. The molecule has 0 amide bonds. The summed E-state index contributed by atoms with van der Waals surface area (Å²) in [5.74, 6) is 4.19. The summed E-state index contributed by atoms with van der Waals surface area (Å²) in [5, 5.41) is 12.4. The topological polar surface area (TPSA) is 42.7 Å². The fourth-order valence-corrected chi connectivity index (χ4v) is 2.78. The lowest BCUT2D eigenvalue weighted by Crippen LogP contribution is -2.35. The SMILES string of the molecule is C1Cn2c(CC3CC3)nnc2C(C2CC2)N1. The van der Waals surface area contributed by atoms with Crippen LogP contribution in [0.15, 0.2) is 0 Å². The molecule has 2 fully saturated rings. The van der Waals surface area contributed by atoms with Crippen molar-refractivity contribution in [2.75, 3.05) is 6.54 Å². The molecule has 1 aromatic heterocycles. The van der Waals surface area contributed by atoms with Crippen molar-refractivity contribution in [1.29, 1.82) is 0 Å². The number of nitrogens with one attached hydrogen (secondary N) is 1. The maximum Gasteiger partial charge on any atom is 0.150 e. The summed E-state index contributed by atoms with van der Waals surface area (Å²) in [4.78, 5) is 0. The van der Waals surface area contributed by atoms with Gasteiger partial charge in [-0.25, -0.2) is 0 Å². The standard InChI is InChI=1S/C12H18N4/c1-2-8(1)7-10-14-15-12-11(9-3-4-9)13-5-6-16(10)12/h8-9,11,13H,1-7H2. The van der Waals surface area contributed by atoms with Crippen molar-refractivity contribution in [3.63, 3.8) is 0 Å². The lowest BCUT2D eigenvalue weighted by Gasteiger charge is -2.24. The molecule has 86 valence electrons. The average molecular weight is 218 g/mol. The van der Waals surface area contributed by atoms with Crippen LogP contribution in [0.3, 0.4) is 0 Å². The molecule has 0 saturated heterocycles. The molecular formula is C12H18N4. The van der Waals surface area contributed by atoms with E-state index in [1.807, 2.05) is 0 Å². The van der Waals surface area contributed by atoms with Crippen molar-refractivity contribution in [3.05, 3.63) is 11.6 Å². The minimum Gasteiger partial charge on any atom is -0.312 e. The lowest BCUT2D eigenvalue weighted by molar-refractivity contribution is 0.376. The minimum absolute atomic E-state index is 0.495. The van der Waals surface area contributed by atoms with Crippen LogP contribution in [-0.2, 0) is 13.0 Å². The van der Waals surface area contributed by atoms with Gasteiger partial charge in [0.1, 0.15) is 5.82 Å². The normalized spacial score (nSPS) is 29.1. The van der Waals surface area contributed by atoms with Gasteiger partial charge in [-0.2, -0.15) is 0 Å². The molecule has 0 radical (unpaired) electrons. The summed E-state index contributed by atoms with van der Waals surface area (Å²) in [5.41, 5.74) is 0. The summed E-state index contributed by atoms with van der Waals surface area (Å²) >= 11 is 0. The predicted molar refractivity (Wildman–Crippen MR) is 59.9 cm³/mol. The van der Waals surface area contributed by atoms with Crippen LogP contribution in [0.4, 0.5) is 0 Å². The Hall–Kier alpha value is -0.900. The lowest BCUT2D eigenvalue weighted by atomic mass is 10.1. The van der Waals surface area contributed by atoms with Crippen molar-refractivity contribution in [2.24, 2.45) is 11.8 Å². The number of hydrogen-bond donors (Lipinski definition) is 1. The Morgan fingerprint density at radius 1 is 1.19 bits per heavy atom. The van der Waals surface area contributed by atoms with E-state index >= 15 is 0 Å². The summed E-state index contributed by atoms with van der Waals surface area (Å²) in [7, 11) is 0. The number of rotatable bonds is 3. The minimum atomic E-state index is 0.495. The largest absolute Gasteiger partial charge is 0.312 e. The van der Waals surface area contributed by atoms with Crippen LogP contribution in [0.5, 0.6) is 0 Å². The van der Waals surface area contributed by atoms with Crippen molar-refractivity contribution in [1.82, 2.24) is 20.1 Å². The molecule has 1 aliphatic heterocycles. The van der Waals surface area contributed by atoms with Crippen molar-refractivity contribution >= 4 is 0 Å². The molecule has 0 aromatic carbocycles. The molecule has 1 N–H and O–H groups in total. The van der Waals surface area contributed by atoms with Crippen LogP contribution in [0.2, 0.25) is 0 Å². The smallest absolute Gasteiger partial charge is 0.150 e. The van der Waals surface area contributed by atoms with E-state index in [-0.39, 0.29) is 0 Å². The second-order valence-electron chi connectivity index (χ2n) is 5.54. The van der Waals surface area contributed by atoms with Crippen LogP contribution >= 0.6 is 0 Å². The van der Waals surface area contributed by atoms with Gasteiger partial charge in [-0.3, -0.25) is 0 Å². The van der Waals surface area contributed by atoms with Gasteiger partial charge in [0, 0.05) is 19.5 Å². The molecule has 4 heteroatoms. The molecule has 2 aliphatic carbocycles. The molecule has 0 spiro atoms. The van der Waals surface area contributed by atoms with Crippen LogP contribution in [-0.4, -0.2) is 21.3 Å². The first-order valence-electron chi connectivity index (χ1n) is 6.57. The highest BCUT2D eigenvalue weighted by atomic mass is 15.3. The van der Waals surface area contributed by atoms with E-state index in [0.29, 0.717) is 6.04 Å². The Morgan fingerprint density at radius 3 is 2.81 bits per heavy atom. The van der Waals surface area contributed by atoms with Gasteiger partial charge < -0.3 is 9.88 Å². The van der Waals surface area contributed by atoms with E-state index in [0.717, 1.165) is 31.3 Å². The van der Waals surface area contributed by atoms with Crippen LogP contribution in [0.1, 0.15) is 43.4 Å². The molecular weight excluding hydrogens is 200 g/mol. The molecule has 4 nitrogen and oxygen atoms in total. The molecule has 1 atom stereocenters. The van der Waals surface area contributed by atoms with E-state index in [1.165, 1.54) is 37.3 Å². The van der Waals surface area contributed by atoms with Crippen LogP contribution < -0.4 is 5.32 Å². The van der Waals surface area contributed by atoms with Crippen LogP contribution in [0.25, 0.3) is 0 Å². The maximum absolute atomic E-state index is 4.43. The zero-order valence-corrected chi connectivity index (χ0v) is 9.52. The Balaban J connectivity index is 1.64. The fourth-order valence-electron chi connectivity index (χ4n) is 2.78. The van der Waals surface area contributed by atoms with E-state index in [4.69, 9.17) is 0 Å². The third kappa shape index (κ3) is 1.47. The summed E-state index contributed by atoms with van der Waals surface area (Å²) in [6.07, 6.45) is 6.67. The molecule has 2 saturated carbocycles. The molecule has 4 rings (SSSR count). The third-order valence-corrected chi connectivity index (χ3v) is 4.10. The second kappa shape index (κ2) is 3.29. The van der Waals surface area contributed by atoms with Gasteiger partial charge in [0.05, 0.1) is 6.04 Å². The molecule has 16 heavy (non-hydrogen) atoms. The van der Waals surface area contributed by atoms with E-state index in [2.05, 4.69) is 20.1 Å². The summed E-state index contributed by atoms with van der Waals surface area (Å²) in [6, 6.07) is 0.495. The van der Waals surface area contributed by atoms with Crippen molar-refractivity contribution in [2.45, 2.75) is 44.7 Å². The monoisotopic (exact) mass is 218 g/mol. The third-order valence-electron chi connectivity index (χ3n) is 4.10. The van der Waals surface area contributed by atoms with Gasteiger partial charge in [-0.15, -0.1) is 10.2 Å². The summed E-state index contributed by atoms with van der Waals surface area (Å²) < 4.78 is 2.39. The summed E-state index contributed by atoms with van der Waals surface area (Å²) in [6.45, 7) is 2.15. The highest BCUT2D eigenvalue weighted by Crippen LogP contribution is 2.41. The van der Waals surface area contributed by atoms with Gasteiger partial charge in [-0.05, 0) is 37.5 Å². The molecule has 2 heterocycles. The fraction of sp³-hybridized carbons (Fsp3) is 0.833. The maximum atomic E-state index is 4.43. The highest BCUT2D eigenvalue weighted by molar-refractivity contribution is 5.09. The highest BCUT2D eigenvalue weighted by Gasteiger charge is 2.38. The second-order valence-corrected chi connectivity index (χ2v) is 5.54. The van der Waals surface area contributed by atoms with Gasteiger partial charge in [0.15, 0.2) is 5.82 Å². The van der Waals surface area contributed by atoms with Gasteiger partial charge in [0.2, 0.25) is 0 Å².